The lowest BCUT2D eigenvalue weighted by atomic mass is 9.78. The summed E-state index contributed by atoms with van der Waals surface area (Å²) < 4.78 is 0. The SMILES string of the molecule is CC(NC(=O)C1CCCCC1CN)C(N)=O. The molecule has 2 amide bonds. The molecule has 5 heteroatoms. The van der Waals surface area contributed by atoms with Gasteiger partial charge in [0.25, 0.3) is 0 Å². The van der Waals surface area contributed by atoms with Crippen LogP contribution in [0.15, 0.2) is 0 Å². The van der Waals surface area contributed by atoms with Crippen molar-refractivity contribution in [3.05, 3.63) is 0 Å². The molecule has 0 aromatic heterocycles. The molecule has 1 rings (SSSR count). The van der Waals surface area contributed by atoms with E-state index in [-0.39, 0.29) is 17.7 Å². The lowest BCUT2D eigenvalue weighted by Gasteiger charge is -2.30. The van der Waals surface area contributed by atoms with Crippen LogP contribution in [0.5, 0.6) is 0 Å². The summed E-state index contributed by atoms with van der Waals surface area (Å²) in [5, 5.41) is 2.64. The van der Waals surface area contributed by atoms with E-state index in [2.05, 4.69) is 5.32 Å². The molecule has 92 valence electrons. The predicted molar refractivity (Wildman–Crippen MR) is 61.3 cm³/mol. The quantitative estimate of drug-likeness (QED) is 0.617. The van der Waals surface area contributed by atoms with Gasteiger partial charge in [0.15, 0.2) is 0 Å². The topological polar surface area (TPSA) is 98.2 Å². The van der Waals surface area contributed by atoms with Crippen molar-refractivity contribution in [2.45, 2.75) is 38.6 Å². The maximum atomic E-state index is 11.9. The van der Waals surface area contributed by atoms with Gasteiger partial charge in [0.2, 0.25) is 11.8 Å². The van der Waals surface area contributed by atoms with Gasteiger partial charge in [-0.15, -0.1) is 0 Å². The molecule has 0 aliphatic heterocycles. The molecule has 0 bridgehead atoms. The van der Waals surface area contributed by atoms with Crippen LogP contribution < -0.4 is 16.8 Å². The van der Waals surface area contributed by atoms with Crippen LogP contribution in [0.2, 0.25) is 0 Å². The minimum absolute atomic E-state index is 0.0550. The molecule has 1 saturated carbocycles. The third kappa shape index (κ3) is 3.20. The highest BCUT2D eigenvalue weighted by molar-refractivity contribution is 5.87. The summed E-state index contributed by atoms with van der Waals surface area (Å²) >= 11 is 0. The van der Waals surface area contributed by atoms with E-state index in [9.17, 15) is 9.59 Å². The van der Waals surface area contributed by atoms with E-state index in [0.717, 1.165) is 25.7 Å². The number of hydrogen-bond acceptors (Lipinski definition) is 3. The summed E-state index contributed by atoms with van der Waals surface area (Å²) in [6.07, 6.45) is 4.05. The van der Waals surface area contributed by atoms with Crippen molar-refractivity contribution in [2.75, 3.05) is 6.54 Å². The van der Waals surface area contributed by atoms with E-state index >= 15 is 0 Å². The van der Waals surface area contributed by atoms with Crippen LogP contribution in [0.1, 0.15) is 32.6 Å². The molecule has 5 N–H and O–H groups in total. The summed E-state index contributed by atoms with van der Waals surface area (Å²) in [5.74, 6) is -0.399. The van der Waals surface area contributed by atoms with Crippen molar-refractivity contribution in [3.63, 3.8) is 0 Å². The molecule has 3 atom stereocenters. The summed E-state index contributed by atoms with van der Waals surface area (Å²) in [7, 11) is 0. The lowest BCUT2D eigenvalue weighted by molar-refractivity contribution is -0.131. The Kier molecular flexibility index (Phi) is 4.73. The van der Waals surface area contributed by atoms with Gasteiger partial charge in [-0.25, -0.2) is 0 Å². The first-order valence-electron chi connectivity index (χ1n) is 5.86. The van der Waals surface area contributed by atoms with Crippen LogP contribution in [-0.4, -0.2) is 24.4 Å². The predicted octanol–water partition coefficient (Wildman–Crippen LogP) is -0.258. The van der Waals surface area contributed by atoms with E-state index in [4.69, 9.17) is 11.5 Å². The second-order valence-corrected chi connectivity index (χ2v) is 4.52. The van der Waals surface area contributed by atoms with Crippen molar-refractivity contribution in [2.24, 2.45) is 23.3 Å². The van der Waals surface area contributed by atoms with Crippen molar-refractivity contribution in [1.29, 1.82) is 0 Å². The smallest absolute Gasteiger partial charge is 0.239 e. The maximum Gasteiger partial charge on any atom is 0.239 e. The average Bonchev–Trinajstić information content (AvgIpc) is 2.28. The number of amides is 2. The largest absolute Gasteiger partial charge is 0.368 e. The minimum Gasteiger partial charge on any atom is -0.368 e. The van der Waals surface area contributed by atoms with Gasteiger partial charge < -0.3 is 16.8 Å². The molecular formula is C11H21N3O2. The molecule has 0 aromatic carbocycles. The zero-order valence-corrected chi connectivity index (χ0v) is 9.74. The zero-order valence-electron chi connectivity index (χ0n) is 9.74. The summed E-state index contributed by atoms with van der Waals surface area (Å²) in [5.41, 5.74) is 10.8. The zero-order chi connectivity index (χ0) is 12.1. The number of hydrogen-bond donors (Lipinski definition) is 3. The molecule has 16 heavy (non-hydrogen) atoms. The number of carbonyl (C=O) groups is 2. The van der Waals surface area contributed by atoms with Crippen LogP contribution in [0, 0.1) is 11.8 Å². The monoisotopic (exact) mass is 227 g/mol. The van der Waals surface area contributed by atoms with Gasteiger partial charge in [-0.2, -0.15) is 0 Å². The van der Waals surface area contributed by atoms with Crippen molar-refractivity contribution >= 4 is 11.8 Å². The third-order valence-corrected chi connectivity index (χ3v) is 3.33. The molecular weight excluding hydrogens is 206 g/mol. The van der Waals surface area contributed by atoms with E-state index in [1.165, 1.54) is 0 Å². The molecule has 5 nitrogen and oxygen atoms in total. The molecule has 3 unspecified atom stereocenters. The molecule has 1 aliphatic carbocycles. The first kappa shape index (κ1) is 13.0. The Labute approximate surface area is 95.9 Å². The Morgan fingerprint density at radius 1 is 1.38 bits per heavy atom. The highest BCUT2D eigenvalue weighted by atomic mass is 16.2. The van der Waals surface area contributed by atoms with Crippen LogP contribution in [0.3, 0.4) is 0 Å². The van der Waals surface area contributed by atoms with Gasteiger partial charge in [-0.3, -0.25) is 9.59 Å². The third-order valence-electron chi connectivity index (χ3n) is 3.33. The normalized spacial score (nSPS) is 27.1. The number of carbonyl (C=O) groups excluding carboxylic acids is 2. The highest BCUT2D eigenvalue weighted by Gasteiger charge is 2.30. The second-order valence-electron chi connectivity index (χ2n) is 4.52. The van der Waals surface area contributed by atoms with E-state index in [1.54, 1.807) is 6.92 Å². The summed E-state index contributed by atoms with van der Waals surface area (Å²) in [6.45, 7) is 2.13. The molecule has 0 saturated heterocycles. The van der Waals surface area contributed by atoms with Gasteiger partial charge in [-0.05, 0) is 32.2 Å². The first-order chi connectivity index (χ1) is 7.56. The van der Waals surface area contributed by atoms with Gasteiger partial charge in [0, 0.05) is 5.92 Å². The molecule has 1 aliphatic rings. The Bertz CT molecular complexity index is 268. The summed E-state index contributed by atoms with van der Waals surface area (Å²) in [4.78, 5) is 22.8. The Hall–Kier alpha value is -1.10. The van der Waals surface area contributed by atoms with E-state index < -0.39 is 11.9 Å². The lowest BCUT2D eigenvalue weighted by Crippen LogP contribution is -2.47. The van der Waals surface area contributed by atoms with Gasteiger partial charge >= 0.3 is 0 Å². The van der Waals surface area contributed by atoms with Crippen LogP contribution in [-0.2, 0) is 9.59 Å². The minimum atomic E-state index is -0.604. The molecule has 0 heterocycles. The van der Waals surface area contributed by atoms with Crippen LogP contribution in [0.25, 0.3) is 0 Å². The Balaban J connectivity index is 2.54. The van der Waals surface area contributed by atoms with Crippen LogP contribution in [0.4, 0.5) is 0 Å². The number of nitrogens with two attached hydrogens (primary N) is 2. The Morgan fingerprint density at radius 3 is 2.56 bits per heavy atom. The molecule has 0 spiro atoms. The average molecular weight is 227 g/mol. The fourth-order valence-corrected chi connectivity index (χ4v) is 2.23. The fraction of sp³-hybridized carbons (Fsp3) is 0.818. The van der Waals surface area contributed by atoms with Gasteiger partial charge in [0.1, 0.15) is 6.04 Å². The standard InChI is InChI=1S/C11H21N3O2/c1-7(10(13)15)14-11(16)9-5-3-2-4-8(9)6-12/h7-9H,2-6,12H2,1H3,(H2,13,15)(H,14,16). The first-order valence-corrected chi connectivity index (χ1v) is 5.86. The van der Waals surface area contributed by atoms with E-state index in [0.29, 0.717) is 6.54 Å². The number of rotatable bonds is 4. The second kappa shape index (κ2) is 5.84. The van der Waals surface area contributed by atoms with Crippen molar-refractivity contribution in [3.8, 4) is 0 Å². The fourth-order valence-electron chi connectivity index (χ4n) is 2.23. The summed E-state index contributed by atoms with van der Waals surface area (Å²) in [6, 6.07) is -0.604. The van der Waals surface area contributed by atoms with Gasteiger partial charge in [-0.1, -0.05) is 12.8 Å². The maximum absolute atomic E-state index is 11.9. The van der Waals surface area contributed by atoms with Crippen LogP contribution >= 0.6 is 0 Å². The number of primary amides is 1. The molecule has 0 aromatic rings. The van der Waals surface area contributed by atoms with Crippen molar-refractivity contribution < 1.29 is 9.59 Å². The Morgan fingerprint density at radius 2 is 2.00 bits per heavy atom. The van der Waals surface area contributed by atoms with E-state index in [1.807, 2.05) is 0 Å². The van der Waals surface area contributed by atoms with Crippen molar-refractivity contribution in [1.82, 2.24) is 5.32 Å². The highest BCUT2D eigenvalue weighted by Crippen LogP contribution is 2.29. The molecule has 1 fully saturated rings. The van der Waals surface area contributed by atoms with Gasteiger partial charge in [0.05, 0.1) is 0 Å². The number of nitrogens with one attached hydrogen (secondary N) is 1. The molecule has 0 radical (unpaired) electrons.